The molecule has 1 heterocycles. The van der Waals surface area contributed by atoms with Crippen LogP contribution in [0, 0.1) is 17.1 Å². The Hall–Kier alpha value is -1.60. The van der Waals surface area contributed by atoms with Gasteiger partial charge in [0.1, 0.15) is 5.82 Å². The zero-order valence-electron chi connectivity index (χ0n) is 11.7. The SMILES string of the molecule is CN1CC(CC#N)N(c2ccccc2F)C(C)(C)C1. The molecule has 19 heavy (non-hydrogen) atoms. The molecule has 0 spiro atoms. The van der Waals surface area contributed by atoms with Crippen LogP contribution in [-0.2, 0) is 0 Å². The average molecular weight is 261 g/mol. The lowest BCUT2D eigenvalue weighted by atomic mass is 9.92. The zero-order valence-corrected chi connectivity index (χ0v) is 11.7. The first-order chi connectivity index (χ1) is 8.95. The highest BCUT2D eigenvalue weighted by molar-refractivity contribution is 5.52. The highest BCUT2D eigenvalue weighted by Gasteiger charge is 2.39. The van der Waals surface area contributed by atoms with Gasteiger partial charge in [0.25, 0.3) is 0 Å². The fourth-order valence-corrected chi connectivity index (χ4v) is 3.17. The molecule has 0 bridgehead atoms. The van der Waals surface area contributed by atoms with Crippen LogP contribution in [0.1, 0.15) is 20.3 Å². The monoisotopic (exact) mass is 261 g/mol. The fourth-order valence-electron chi connectivity index (χ4n) is 3.17. The lowest BCUT2D eigenvalue weighted by Gasteiger charge is -2.52. The number of nitrogens with zero attached hydrogens (tertiary/aromatic N) is 3. The second-order valence-electron chi connectivity index (χ2n) is 5.85. The maximum absolute atomic E-state index is 14.1. The highest BCUT2D eigenvalue weighted by atomic mass is 19.1. The summed E-state index contributed by atoms with van der Waals surface area (Å²) in [6.45, 7) is 5.83. The first kappa shape index (κ1) is 13.8. The predicted molar refractivity (Wildman–Crippen MR) is 74.5 cm³/mol. The number of para-hydroxylation sites is 1. The van der Waals surface area contributed by atoms with E-state index >= 15 is 0 Å². The number of rotatable bonds is 2. The van der Waals surface area contributed by atoms with E-state index < -0.39 is 0 Å². The Balaban J connectivity index is 2.43. The van der Waals surface area contributed by atoms with Crippen molar-refractivity contribution in [1.29, 1.82) is 5.26 Å². The molecule has 1 fully saturated rings. The van der Waals surface area contributed by atoms with Crippen LogP contribution in [0.3, 0.4) is 0 Å². The quantitative estimate of drug-likeness (QED) is 0.820. The lowest BCUT2D eigenvalue weighted by Crippen LogP contribution is -2.63. The van der Waals surface area contributed by atoms with Crippen LogP contribution in [0.25, 0.3) is 0 Å². The largest absolute Gasteiger partial charge is 0.357 e. The summed E-state index contributed by atoms with van der Waals surface area (Å²) in [5.41, 5.74) is 0.400. The van der Waals surface area contributed by atoms with Crippen molar-refractivity contribution in [3.8, 4) is 6.07 Å². The molecule has 1 aliphatic heterocycles. The molecule has 1 aromatic rings. The normalized spacial score (nSPS) is 23.1. The number of nitriles is 1. The molecule has 102 valence electrons. The van der Waals surface area contributed by atoms with Crippen molar-refractivity contribution in [1.82, 2.24) is 4.90 Å². The highest BCUT2D eigenvalue weighted by Crippen LogP contribution is 2.33. The van der Waals surface area contributed by atoms with Gasteiger partial charge in [-0.1, -0.05) is 12.1 Å². The Morgan fingerprint density at radius 1 is 1.42 bits per heavy atom. The zero-order chi connectivity index (χ0) is 14.0. The molecular formula is C15H20FN3. The lowest BCUT2D eigenvalue weighted by molar-refractivity contribution is 0.180. The minimum Gasteiger partial charge on any atom is -0.357 e. The van der Waals surface area contributed by atoms with Crippen LogP contribution < -0.4 is 4.90 Å². The molecule has 0 saturated carbocycles. The Bertz CT molecular complexity index is 492. The van der Waals surface area contributed by atoms with Crippen LogP contribution in [0.15, 0.2) is 24.3 Å². The van der Waals surface area contributed by atoms with Crippen LogP contribution in [0.2, 0.25) is 0 Å². The first-order valence-electron chi connectivity index (χ1n) is 6.55. The van der Waals surface area contributed by atoms with Crippen molar-refractivity contribution in [3.05, 3.63) is 30.1 Å². The third-order valence-corrected chi connectivity index (χ3v) is 3.64. The van der Waals surface area contributed by atoms with E-state index in [1.54, 1.807) is 12.1 Å². The summed E-state index contributed by atoms with van der Waals surface area (Å²) in [5, 5.41) is 9.02. The van der Waals surface area contributed by atoms with Gasteiger partial charge in [-0.05, 0) is 33.0 Å². The number of hydrogen-bond acceptors (Lipinski definition) is 3. The van der Waals surface area contributed by atoms with Gasteiger partial charge in [0.05, 0.1) is 24.2 Å². The van der Waals surface area contributed by atoms with E-state index in [0.717, 1.165) is 13.1 Å². The van der Waals surface area contributed by atoms with Crippen LogP contribution in [0.4, 0.5) is 10.1 Å². The van der Waals surface area contributed by atoms with Crippen LogP contribution in [-0.4, -0.2) is 36.6 Å². The third kappa shape index (κ3) is 2.71. The van der Waals surface area contributed by atoms with Gasteiger partial charge in [-0.15, -0.1) is 0 Å². The number of anilines is 1. The molecule has 0 N–H and O–H groups in total. The Morgan fingerprint density at radius 3 is 2.74 bits per heavy atom. The number of benzene rings is 1. The topological polar surface area (TPSA) is 30.3 Å². The molecule has 0 aliphatic carbocycles. The van der Waals surface area contributed by atoms with E-state index in [-0.39, 0.29) is 17.4 Å². The van der Waals surface area contributed by atoms with Gasteiger partial charge in [0, 0.05) is 18.6 Å². The minimum absolute atomic E-state index is 0.0237. The molecule has 1 aromatic carbocycles. The number of piperazine rings is 1. The summed E-state index contributed by atoms with van der Waals surface area (Å²) in [7, 11) is 2.05. The maximum atomic E-state index is 14.1. The molecule has 1 aliphatic rings. The van der Waals surface area contributed by atoms with Gasteiger partial charge < -0.3 is 9.80 Å². The van der Waals surface area contributed by atoms with E-state index in [1.165, 1.54) is 6.07 Å². The summed E-state index contributed by atoms with van der Waals surface area (Å²) in [4.78, 5) is 4.28. The van der Waals surface area contributed by atoms with Gasteiger partial charge in [0.2, 0.25) is 0 Å². The van der Waals surface area contributed by atoms with Crippen LogP contribution in [0.5, 0.6) is 0 Å². The van der Waals surface area contributed by atoms with E-state index in [4.69, 9.17) is 5.26 Å². The van der Waals surface area contributed by atoms with Gasteiger partial charge in [-0.25, -0.2) is 4.39 Å². The van der Waals surface area contributed by atoms with Crippen LogP contribution >= 0.6 is 0 Å². The Morgan fingerprint density at radius 2 is 2.11 bits per heavy atom. The smallest absolute Gasteiger partial charge is 0.146 e. The van der Waals surface area contributed by atoms with Crippen molar-refractivity contribution < 1.29 is 4.39 Å². The second kappa shape index (κ2) is 5.18. The molecule has 0 aromatic heterocycles. The molecule has 4 heteroatoms. The Kier molecular flexibility index (Phi) is 3.77. The van der Waals surface area contributed by atoms with E-state index in [0.29, 0.717) is 12.1 Å². The molecule has 0 radical (unpaired) electrons. The molecule has 3 nitrogen and oxygen atoms in total. The molecule has 2 rings (SSSR count). The standard InChI is InChI=1S/C15H20FN3/c1-15(2)11-18(3)10-12(8-9-17)19(15)14-7-5-4-6-13(14)16/h4-7,12H,8,10-11H2,1-3H3. The molecule has 1 atom stereocenters. The Labute approximate surface area is 114 Å². The third-order valence-electron chi connectivity index (χ3n) is 3.64. The molecule has 1 unspecified atom stereocenters. The average Bonchev–Trinajstić information content (AvgIpc) is 2.29. The van der Waals surface area contributed by atoms with E-state index in [9.17, 15) is 4.39 Å². The van der Waals surface area contributed by atoms with Crippen molar-refractivity contribution in [3.63, 3.8) is 0 Å². The summed E-state index contributed by atoms with van der Waals surface area (Å²) >= 11 is 0. The summed E-state index contributed by atoms with van der Waals surface area (Å²) < 4.78 is 14.1. The van der Waals surface area contributed by atoms with E-state index in [1.807, 2.05) is 13.1 Å². The minimum atomic E-state index is -0.219. The van der Waals surface area contributed by atoms with Gasteiger partial charge in [0.15, 0.2) is 0 Å². The first-order valence-corrected chi connectivity index (χ1v) is 6.55. The molecule has 0 amide bonds. The van der Waals surface area contributed by atoms with Crippen molar-refractivity contribution in [2.45, 2.75) is 31.8 Å². The summed E-state index contributed by atoms with van der Waals surface area (Å²) in [5.74, 6) is -0.219. The summed E-state index contributed by atoms with van der Waals surface area (Å²) in [6, 6.07) is 9.06. The van der Waals surface area contributed by atoms with Gasteiger partial charge in [-0.2, -0.15) is 5.26 Å². The number of hydrogen-bond donors (Lipinski definition) is 0. The number of likely N-dealkylation sites (N-methyl/N-ethyl adjacent to an activating group) is 1. The molecule has 1 saturated heterocycles. The van der Waals surface area contributed by atoms with Crippen molar-refractivity contribution in [2.24, 2.45) is 0 Å². The molecular weight excluding hydrogens is 241 g/mol. The number of halogens is 1. The second-order valence-corrected chi connectivity index (χ2v) is 5.85. The van der Waals surface area contributed by atoms with Gasteiger partial charge in [-0.3, -0.25) is 0 Å². The van der Waals surface area contributed by atoms with Gasteiger partial charge >= 0.3 is 0 Å². The van der Waals surface area contributed by atoms with Crippen molar-refractivity contribution in [2.75, 3.05) is 25.0 Å². The summed E-state index contributed by atoms with van der Waals surface area (Å²) in [6.07, 6.45) is 0.405. The predicted octanol–water partition coefficient (Wildman–Crippen LogP) is 2.64. The van der Waals surface area contributed by atoms with Crippen molar-refractivity contribution >= 4 is 5.69 Å². The van der Waals surface area contributed by atoms with E-state index in [2.05, 4.69) is 29.7 Å². The fraction of sp³-hybridized carbons (Fsp3) is 0.533. The maximum Gasteiger partial charge on any atom is 0.146 e.